The molecular weight excluding hydrogens is 252 g/mol. The topological polar surface area (TPSA) is 15.3 Å². The van der Waals surface area contributed by atoms with E-state index in [0.29, 0.717) is 0 Å². The minimum Gasteiger partial charge on any atom is -0.305 e. The van der Waals surface area contributed by atoms with Gasteiger partial charge in [0.25, 0.3) is 0 Å². The monoisotopic (exact) mass is 276 g/mol. The third-order valence-electron chi connectivity index (χ3n) is 4.55. The SMILES string of the molecule is CC1(c2ccccc2)CN(C2CCSCC2)CCN1. The average Bonchev–Trinajstić information content (AvgIpc) is 2.49. The van der Waals surface area contributed by atoms with Crippen LogP contribution in [0.3, 0.4) is 0 Å². The van der Waals surface area contributed by atoms with Gasteiger partial charge in [0, 0.05) is 25.7 Å². The molecule has 1 N–H and O–H groups in total. The van der Waals surface area contributed by atoms with E-state index >= 15 is 0 Å². The second-order valence-corrected chi connectivity index (χ2v) is 7.16. The van der Waals surface area contributed by atoms with Gasteiger partial charge in [0.1, 0.15) is 0 Å². The first-order valence-electron chi connectivity index (χ1n) is 7.40. The van der Waals surface area contributed by atoms with Crippen molar-refractivity contribution in [1.82, 2.24) is 10.2 Å². The van der Waals surface area contributed by atoms with Gasteiger partial charge in [-0.05, 0) is 36.8 Å². The molecule has 2 nitrogen and oxygen atoms in total. The molecule has 1 atom stereocenters. The molecular formula is C16H24N2S. The minimum atomic E-state index is 0.115. The van der Waals surface area contributed by atoms with Crippen LogP contribution in [-0.2, 0) is 5.54 Å². The smallest absolute Gasteiger partial charge is 0.0535 e. The summed E-state index contributed by atoms with van der Waals surface area (Å²) in [5, 5.41) is 3.73. The van der Waals surface area contributed by atoms with Gasteiger partial charge in [-0.15, -0.1) is 0 Å². The summed E-state index contributed by atoms with van der Waals surface area (Å²) in [5.74, 6) is 2.69. The van der Waals surface area contributed by atoms with E-state index in [1.807, 2.05) is 0 Å². The van der Waals surface area contributed by atoms with Gasteiger partial charge in [-0.25, -0.2) is 0 Å². The number of thioether (sulfide) groups is 1. The van der Waals surface area contributed by atoms with Gasteiger partial charge in [0.05, 0.1) is 5.54 Å². The maximum absolute atomic E-state index is 3.73. The van der Waals surface area contributed by atoms with Crippen molar-refractivity contribution in [3.8, 4) is 0 Å². The fourth-order valence-electron chi connectivity index (χ4n) is 3.38. The highest BCUT2D eigenvalue weighted by molar-refractivity contribution is 7.99. The molecule has 0 saturated carbocycles. The lowest BCUT2D eigenvalue weighted by Crippen LogP contribution is -2.59. The van der Waals surface area contributed by atoms with Crippen LogP contribution in [0.5, 0.6) is 0 Å². The molecule has 2 saturated heterocycles. The lowest BCUT2D eigenvalue weighted by Gasteiger charge is -2.46. The Hall–Kier alpha value is -0.510. The number of benzene rings is 1. The Morgan fingerprint density at radius 3 is 2.68 bits per heavy atom. The second-order valence-electron chi connectivity index (χ2n) is 5.94. The van der Waals surface area contributed by atoms with Crippen molar-refractivity contribution >= 4 is 11.8 Å². The number of nitrogens with one attached hydrogen (secondary N) is 1. The van der Waals surface area contributed by atoms with Crippen LogP contribution in [0.2, 0.25) is 0 Å². The van der Waals surface area contributed by atoms with Crippen molar-refractivity contribution in [2.75, 3.05) is 31.1 Å². The Balaban J connectivity index is 1.73. The number of hydrogen-bond donors (Lipinski definition) is 1. The molecule has 3 rings (SSSR count). The molecule has 0 spiro atoms. The molecule has 0 aromatic heterocycles. The van der Waals surface area contributed by atoms with Crippen molar-refractivity contribution in [3.05, 3.63) is 35.9 Å². The highest BCUT2D eigenvalue weighted by atomic mass is 32.2. The quantitative estimate of drug-likeness (QED) is 0.894. The first-order chi connectivity index (χ1) is 9.28. The number of nitrogens with zero attached hydrogens (tertiary/aromatic N) is 1. The molecule has 1 aromatic rings. The highest BCUT2D eigenvalue weighted by Crippen LogP contribution is 2.29. The summed E-state index contributed by atoms with van der Waals surface area (Å²) < 4.78 is 0. The van der Waals surface area contributed by atoms with Crippen LogP contribution in [0.4, 0.5) is 0 Å². The highest BCUT2D eigenvalue weighted by Gasteiger charge is 2.35. The summed E-state index contributed by atoms with van der Waals surface area (Å²) in [4.78, 5) is 2.73. The van der Waals surface area contributed by atoms with Crippen LogP contribution in [0.25, 0.3) is 0 Å². The van der Waals surface area contributed by atoms with Crippen LogP contribution >= 0.6 is 11.8 Å². The van der Waals surface area contributed by atoms with Gasteiger partial charge in [-0.1, -0.05) is 30.3 Å². The molecule has 0 aliphatic carbocycles. The zero-order valence-corrected chi connectivity index (χ0v) is 12.6. The number of piperazine rings is 1. The van der Waals surface area contributed by atoms with Crippen LogP contribution in [0.1, 0.15) is 25.3 Å². The molecule has 1 aromatic carbocycles. The third-order valence-corrected chi connectivity index (χ3v) is 5.60. The van der Waals surface area contributed by atoms with Crippen LogP contribution in [-0.4, -0.2) is 42.1 Å². The van der Waals surface area contributed by atoms with Gasteiger partial charge < -0.3 is 5.32 Å². The van der Waals surface area contributed by atoms with Crippen LogP contribution in [0.15, 0.2) is 30.3 Å². The van der Waals surface area contributed by atoms with E-state index in [1.54, 1.807) is 0 Å². The molecule has 0 amide bonds. The first kappa shape index (κ1) is 13.5. The zero-order valence-electron chi connectivity index (χ0n) is 11.8. The molecule has 2 heterocycles. The van der Waals surface area contributed by atoms with Crippen LogP contribution < -0.4 is 5.32 Å². The standard InChI is InChI=1S/C16H24N2S/c1-16(14-5-3-2-4-6-14)13-18(10-9-17-16)15-7-11-19-12-8-15/h2-6,15,17H,7-13H2,1H3. The van der Waals surface area contributed by atoms with E-state index in [1.165, 1.54) is 36.5 Å². The maximum atomic E-state index is 3.73. The van der Waals surface area contributed by atoms with E-state index in [9.17, 15) is 0 Å². The summed E-state index contributed by atoms with van der Waals surface area (Å²) in [5.41, 5.74) is 1.54. The predicted octanol–water partition coefficient (Wildman–Crippen LogP) is 2.70. The minimum absolute atomic E-state index is 0.115. The average molecular weight is 276 g/mol. The molecule has 104 valence electrons. The molecule has 2 aliphatic heterocycles. The summed E-state index contributed by atoms with van der Waals surface area (Å²) in [6, 6.07) is 11.7. The molecule has 0 bridgehead atoms. The van der Waals surface area contributed by atoms with Crippen molar-refractivity contribution in [1.29, 1.82) is 0 Å². The first-order valence-corrected chi connectivity index (χ1v) is 8.56. The van der Waals surface area contributed by atoms with Crippen molar-refractivity contribution in [3.63, 3.8) is 0 Å². The van der Waals surface area contributed by atoms with Crippen molar-refractivity contribution < 1.29 is 0 Å². The Morgan fingerprint density at radius 1 is 1.21 bits per heavy atom. The third kappa shape index (κ3) is 2.99. The van der Waals surface area contributed by atoms with E-state index in [4.69, 9.17) is 0 Å². The molecule has 0 radical (unpaired) electrons. The largest absolute Gasteiger partial charge is 0.305 e. The van der Waals surface area contributed by atoms with Gasteiger partial charge in [-0.3, -0.25) is 4.90 Å². The van der Waals surface area contributed by atoms with E-state index < -0.39 is 0 Å². The predicted molar refractivity (Wildman–Crippen MR) is 83.7 cm³/mol. The van der Waals surface area contributed by atoms with E-state index in [-0.39, 0.29) is 5.54 Å². The molecule has 19 heavy (non-hydrogen) atoms. The Kier molecular flexibility index (Phi) is 4.15. The fourth-order valence-corrected chi connectivity index (χ4v) is 4.46. The molecule has 1 unspecified atom stereocenters. The fraction of sp³-hybridized carbons (Fsp3) is 0.625. The molecule has 2 fully saturated rings. The Labute approximate surface area is 121 Å². The normalized spacial score (nSPS) is 30.4. The van der Waals surface area contributed by atoms with Gasteiger partial charge in [0.2, 0.25) is 0 Å². The Morgan fingerprint density at radius 2 is 1.95 bits per heavy atom. The summed E-state index contributed by atoms with van der Waals surface area (Å²) >= 11 is 2.12. The lowest BCUT2D eigenvalue weighted by molar-refractivity contribution is 0.0944. The zero-order chi connectivity index (χ0) is 13.1. The van der Waals surface area contributed by atoms with Crippen LogP contribution in [0, 0.1) is 0 Å². The van der Waals surface area contributed by atoms with Gasteiger partial charge in [0.15, 0.2) is 0 Å². The number of rotatable bonds is 2. The lowest BCUT2D eigenvalue weighted by atomic mass is 9.88. The summed E-state index contributed by atoms with van der Waals surface area (Å²) in [6.45, 7) is 5.81. The van der Waals surface area contributed by atoms with E-state index in [2.05, 4.69) is 59.2 Å². The second kappa shape index (κ2) is 5.86. The summed E-state index contributed by atoms with van der Waals surface area (Å²) in [7, 11) is 0. The number of hydrogen-bond acceptors (Lipinski definition) is 3. The van der Waals surface area contributed by atoms with Crippen molar-refractivity contribution in [2.24, 2.45) is 0 Å². The van der Waals surface area contributed by atoms with Gasteiger partial charge in [-0.2, -0.15) is 11.8 Å². The summed E-state index contributed by atoms with van der Waals surface area (Å²) in [6.07, 6.45) is 2.74. The van der Waals surface area contributed by atoms with Crippen molar-refractivity contribution in [2.45, 2.75) is 31.3 Å². The Bertz CT molecular complexity index is 402. The van der Waals surface area contributed by atoms with Gasteiger partial charge >= 0.3 is 0 Å². The molecule has 2 aliphatic rings. The molecule has 3 heteroatoms. The maximum Gasteiger partial charge on any atom is 0.0535 e. The van der Waals surface area contributed by atoms with E-state index in [0.717, 1.165) is 19.1 Å².